The van der Waals surface area contributed by atoms with Crippen LogP contribution in [0.5, 0.6) is 0 Å². The predicted molar refractivity (Wildman–Crippen MR) is 84.0 cm³/mol. The Kier molecular flexibility index (Phi) is 6.70. The number of rotatable bonds is 8. The van der Waals surface area contributed by atoms with E-state index >= 15 is 0 Å². The van der Waals surface area contributed by atoms with Crippen molar-refractivity contribution in [3.63, 3.8) is 0 Å². The highest BCUT2D eigenvalue weighted by atomic mass is 16.5. The van der Waals surface area contributed by atoms with Gasteiger partial charge in [0.1, 0.15) is 0 Å². The van der Waals surface area contributed by atoms with Crippen molar-refractivity contribution in [2.75, 3.05) is 26.3 Å². The number of likely N-dealkylation sites (tertiary alicyclic amines) is 1. The molecule has 1 saturated heterocycles. The number of carbonyl (C=O) groups is 1. The number of benzene rings is 1. The van der Waals surface area contributed by atoms with Crippen LogP contribution >= 0.6 is 0 Å². The predicted octanol–water partition coefficient (Wildman–Crippen LogP) is 1.98. The van der Waals surface area contributed by atoms with Crippen LogP contribution in [0.2, 0.25) is 0 Å². The normalized spacial score (nSPS) is 18.1. The molecule has 1 fully saturated rings. The Labute approximate surface area is 127 Å². The molecule has 0 radical (unpaired) electrons. The monoisotopic (exact) mass is 290 g/mol. The van der Waals surface area contributed by atoms with E-state index in [-0.39, 0.29) is 11.9 Å². The highest BCUT2D eigenvalue weighted by Crippen LogP contribution is 2.17. The van der Waals surface area contributed by atoms with E-state index in [0.717, 1.165) is 32.2 Å². The fourth-order valence-electron chi connectivity index (χ4n) is 2.81. The van der Waals surface area contributed by atoms with Gasteiger partial charge >= 0.3 is 0 Å². The number of amides is 1. The third kappa shape index (κ3) is 5.14. The summed E-state index contributed by atoms with van der Waals surface area (Å²) in [6, 6.07) is 10.6. The van der Waals surface area contributed by atoms with Gasteiger partial charge in [0.2, 0.25) is 5.91 Å². The lowest BCUT2D eigenvalue weighted by Crippen LogP contribution is -2.39. The summed E-state index contributed by atoms with van der Waals surface area (Å²) in [5, 5.41) is 0. The average Bonchev–Trinajstić information content (AvgIpc) is 3.00. The van der Waals surface area contributed by atoms with Crippen LogP contribution in [0.4, 0.5) is 0 Å². The van der Waals surface area contributed by atoms with E-state index in [4.69, 9.17) is 10.5 Å². The van der Waals surface area contributed by atoms with E-state index < -0.39 is 0 Å². The standard InChI is InChI=1S/C17H26N2O2/c18-14-16-8-4-11-19(16)17(20)9-5-12-21-13-10-15-6-2-1-3-7-15/h1-3,6-7,16H,4-5,8-14,18H2. The first-order valence-electron chi connectivity index (χ1n) is 7.92. The molecule has 0 saturated carbocycles. The summed E-state index contributed by atoms with van der Waals surface area (Å²) in [6.45, 7) is 2.82. The fraction of sp³-hybridized carbons (Fsp3) is 0.588. The molecule has 1 aromatic carbocycles. The maximum atomic E-state index is 12.1. The zero-order chi connectivity index (χ0) is 14.9. The van der Waals surface area contributed by atoms with Gasteiger partial charge in [-0.1, -0.05) is 30.3 Å². The second-order valence-electron chi connectivity index (χ2n) is 5.57. The number of hydrogen-bond donors (Lipinski definition) is 1. The molecule has 1 amide bonds. The third-order valence-electron chi connectivity index (χ3n) is 4.03. The molecule has 0 spiro atoms. The zero-order valence-corrected chi connectivity index (χ0v) is 12.7. The van der Waals surface area contributed by atoms with Crippen molar-refractivity contribution >= 4 is 5.91 Å². The second kappa shape index (κ2) is 8.80. The molecule has 0 aliphatic carbocycles. The lowest BCUT2D eigenvalue weighted by atomic mass is 10.2. The van der Waals surface area contributed by atoms with Crippen LogP contribution in [0.25, 0.3) is 0 Å². The maximum Gasteiger partial charge on any atom is 0.222 e. The van der Waals surface area contributed by atoms with Gasteiger partial charge in [0.15, 0.2) is 0 Å². The van der Waals surface area contributed by atoms with Gasteiger partial charge in [-0.15, -0.1) is 0 Å². The van der Waals surface area contributed by atoms with Crippen molar-refractivity contribution in [1.82, 2.24) is 4.90 Å². The van der Waals surface area contributed by atoms with E-state index in [1.54, 1.807) is 0 Å². The van der Waals surface area contributed by atoms with Crippen LogP contribution in [0.3, 0.4) is 0 Å². The molecule has 21 heavy (non-hydrogen) atoms. The van der Waals surface area contributed by atoms with Crippen molar-refractivity contribution in [3.05, 3.63) is 35.9 Å². The Balaban J connectivity index is 1.54. The van der Waals surface area contributed by atoms with Crippen LogP contribution < -0.4 is 5.73 Å². The van der Waals surface area contributed by atoms with E-state index in [1.807, 2.05) is 23.1 Å². The zero-order valence-electron chi connectivity index (χ0n) is 12.7. The summed E-state index contributed by atoms with van der Waals surface area (Å²) >= 11 is 0. The van der Waals surface area contributed by atoms with E-state index in [2.05, 4.69) is 12.1 Å². The third-order valence-corrected chi connectivity index (χ3v) is 4.03. The average molecular weight is 290 g/mol. The Morgan fingerprint density at radius 1 is 1.29 bits per heavy atom. The number of hydrogen-bond acceptors (Lipinski definition) is 3. The Morgan fingerprint density at radius 3 is 2.86 bits per heavy atom. The summed E-state index contributed by atoms with van der Waals surface area (Å²) in [4.78, 5) is 14.0. The number of ether oxygens (including phenoxy) is 1. The lowest BCUT2D eigenvalue weighted by Gasteiger charge is -2.23. The molecule has 1 unspecified atom stereocenters. The first kappa shape index (κ1) is 16.0. The summed E-state index contributed by atoms with van der Waals surface area (Å²) < 4.78 is 5.61. The lowest BCUT2D eigenvalue weighted by molar-refractivity contribution is -0.132. The Morgan fingerprint density at radius 2 is 2.10 bits per heavy atom. The van der Waals surface area contributed by atoms with Gasteiger partial charge in [-0.2, -0.15) is 0 Å². The molecule has 116 valence electrons. The van der Waals surface area contributed by atoms with Gasteiger partial charge in [0, 0.05) is 32.2 Å². The first-order chi connectivity index (χ1) is 10.3. The molecule has 1 aliphatic heterocycles. The van der Waals surface area contributed by atoms with E-state index in [1.165, 1.54) is 5.56 Å². The van der Waals surface area contributed by atoms with E-state index in [0.29, 0.717) is 26.2 Å². The van der Waals surface area contributed by atoms with E-state index in [9.17, 15) is 4.79 Å². The van der Waals surface area contributed by atoms with Gasteiger partial charge in [-0.3, -0.25) is 4.79 Å². The molecular formula is C17H26N2O2. The molecule has 1 aromatic rings. The number of nitrogens with two attached hydrogens (primary N) is 1. The molecule has 1 atom stereocenters. The fourth-order valence-corrected chi connectivity index (χ4v) is 2.81. The van der Waals surface area contributed by atoms with Crippen molar-refractivity contribution < 1.29 is 9.53 Å². The minimum Gasteiger partial charge on any atom is -0.381 e. The van der Waals surface area contributed by atoms with Gasteiger partial charge in [0.05, 0.1) is 6.61 Å². The van der Waals surface area contributed by atoms with Gasteiger partial charge in [0.25, 0.3) is 0 Å². The molecule has 0 bridgehead atoms. The quantitative estimate of drug-likeness (QED) is 0.745. The van der Waals surface area contributed by atoms with Crippen LogP contribution in [0, 0.1) is 0 Å². The summed E-state index contributed by atoms with van der Waals surface area (Å²) in [5.74, 6) is 0.231. The van der Waals surface area contributed by atoms with Crippen LogP contribution in [-0.2, 0) is 16.0 Å². The molecule has 1 heterocycles. The summed E-state index contributed by atoms with van der Waals surface area (Å²) in [7, 11) is 0. The van der Waals surface area contributed by atoms with Crippen LogP contribution in [0.1, 0.15) is 31.2 Å². The molecule has 0 aromatic heterocycles. The first-order valence-corrected chi connectivity index (χ1v) is 7.92. The molecule has 4 nitrogen and oxygen atoms in total. The molecule has 1 aliphatic rings. The minimum atomic E-state index is 0.231. The topological polar surface area (TPSA) is 55.6 Å². The second-order valence-corrected chi connectivity index (χ2v) is 5.57. The summed E-state index contributed by atoms with van der Waals surface area (Å²) in [5.41, 5.74) is 6.98. The number of carbonyl (C=O) groups excluding carboxylic acids is 1. The molecule has 4 heteroatoms. The Hall–Kier alpha value is -1.39. The number of nitrogens with zero attached hydrogens (tertiary/aromatic N) is 1. The molecule has 2 rings (SSSR count). The smallest absolute Gasteiger partial charge is 0.222 e. The van der Waals surface area contributed by atoms with Crippen molar-refractivity contribution in [2.24, 2.45) is 5.73 Å². The van der Waals surface area contributed by atoms with Crippen molar-refractivity contribution in [3.8, 4) is 0 Å². The van der Waals surface area contributed by atoms with Gasteiger partial charge in [-0.05, 0) is 31.2 Å². The maximum absolute atomic E-state index is 12.1. The highest BCUT2D eigenvalue weighted by molar-refractivity contribution is 5.76. The summed E-state index contributed by atoms with van der Waals surface area (Å²) in [6.07, 6.45) is 4.43. The van der Waals surface area contributed by atoms with Crippen molar-refractivity contribution in [2.45, 2.75) is 38.1 Å². The van der Waals surface area contributed by atoms with Crippen LogP contribution in [-0.4, -0.2) is 43.2 Å². The Bertz CT molecular complexity index is 422. The van der Waals surface area contributed by atoms with Crippen LogP contribution in [0.15, 0.2) is 30.3 Å². The highest BCUT2D eigenvalue weighted by Gasteiger charge is 2.26. The SMILES string of the molecule is NCC1CCCN1C(=O)CCCOCCc1ccccc1. The largest absolute Gasteiger partial charge is 0.381 e. The molecule has 2 N–H and O–H groups in total. The molecular weight excluding hydrogens is 264 g/mol. The minimum absolute atomic E-state index is 0.231. The van der Waals surface area contributed by atoms with Crippen molar-refractivity contribution in [1.29, 1.82) is 0 Å². The van der Waals surface area contributed by atoms with Gasteiger partial charge in [-0.25, -0.2) is 0 Å². The van der Waals surface area contributed by atoms with Gasteiger partial charge < -0.3 is 15.4 Å².